The minimum absolute atomic E-state index is 0.147. The lowest BCUT2D eigenvalue weighted by Gasteiger charge is -2.10. The molecule has 0 saturated carbocycles. The molecule has 0 heterocycles. The van der Waals surface area contributed by atoms with Gasteiger partial charge in [0, 0.05) is 21.5 Å². The maximum Gasteiger partial charge on any atom is 0.128 e. The third-order valence-corrected chi connectivity index (χ3v) is 3.68. The highest BCUT2D eigenvalue weighted by molar-refractivity contribution is 9.10. The quantitative estimate of drug-likeness (QED) is 0.802. The van der Waals surface area contributed by atoms with Gasteiger partial charge in [-0.2, -0.15) is 0 Å². The summed E-state index contributed by atoms with van der Waals surface area (Å²) in [5.74, 6) is -0.848. The molecule has 0 bridgehead atoms. The Morgan fingerprint density at radius 2 is 1.89 bits per heavy atom. The monoisotopic (exact) mass is 331 g/mol. The van der Waals surface area contributed by atoms with Gasteiger partial charge < -0.3 is 5.73 Å². The Morgan fingerprint density at radius 3 is 2.61 bits per heavy atom. The van der Waals surface area contributed by atoms with Crippen LogP contribution in [0.2, 0.25) is 5.02 Å². The summed E-state index contributed by atoms with van der Waals surface area (Å²) in [7, 11) is 0. The Bertz CT molecular complexity index is 602. The molecule has 2 rings (SSSR count). The zero-order valence-electron chi connectivity index (χ0n) is 9.18. The van der Waals surface area contributed by atoms with E-state index in [-0.39, 0.29) is 6.42 Å². The van der Waals surface area contributed by atoms with Crippen molar-refractivity contribution in [2.24, 2.45) is 0 Å². The topological polar surface area (TPSA) is 26.0 Å². The first-order chi connectivity index (χ1) is 8.49. The van der Waals surface area contributed by atoms with E-state index >= 15 is 0 Å². The second kappa shape index (κ2) is 5.24. The summed E-state index contributed by atoms with van der Waals surface area (Å²) < 4.78 is 27.5. The number of rotatable bonds is 2. The van der Waals surface area contributed by atoms with Gasteiger partial charge in [0.25, 0.3) is 0 Å². The van der Waals surface area contributed by atoms with Crippen molar-refractivity contribution in [3.05, 3.63) is 62.6 Å². The van der Waals surface area contributed by atoms with Crippen LogP contribution in [-0.4, -0.2) is 0 Å². The van der Waals surface area contributed by atoms with Gasteiger partial charge in [0.1, 0.15) is 11.6 Å². The van der Waals surface area contributed by atoms with Crippen LogP contribution in [0, 0.1) is 11.6 Å². The number of anilines is 1. The fourth-order valence-corrected chi connectivity index (χ4v) is 2.21. The maximum atomic E-state index is 13.7. The largest absolute Gasteiger partial charge is 0.397 e. The van der Waals surface area contributed by atoms with E-state index in [0.29, 0.717) is 26.3 Å². The van der Waals surface area contributed by atoms with Crippen molar-refractivity contribution < 1.29 is 8.78 Å². The molecule has 1 nitrogen and oxygen atoms in total. The van der Waals surface area contributed by atoms with Crippen molar-refractivity contribution in [3.8, 4) is 0 Å². The molecular weight excluding hydrogens is 324 g/mol. The Kier molecular flexibility index (Phi) is 3.88. The van der Waals surface area contributed by atoms with Crippen LogP contribution in [0.25, 0.3) is 0 Å². The van der Waals surface area contributed by atoms with Gasteiger partial charge in [-0.05, 0) is 51.8 Å². The zero-order valence-corrected chi connectivity index (χ0v) is 11.5. The Balaban J connectivity index is 2.46. The molecule has 0 amide bonds. The molecule has 2 aromatic carbocycles. The summed E-state index contributed by atoms with van der Waals surface area (Å²) in [5.41, 5.74) is 6.90. The van der Waals surface area contributed by atoms with Crippen molar-refractivity contribution in [2.45, 2.75) is 6.42 Å². The van der Waals surface area contributed by atoms with Crippen LogP contribution in [-0.2, 0) is 6.42 Å². The van der Waals surface area contributed by atoms with Crippen molar-refractivity contribution in [3.63, 3.8) is 0 Å². The molecule has 2 N–H and O–H groups in total. The SMILES string of the molecule is Nc1c(Br)ccc(F)c1Cc1cc(F)ccc1Cl. The molecule has 0 aromatic heterocycles. The average Bonchev–Trinajstić information content (AvgIpc) is 2.34. The van der Waals surface area contributed by atoms with Gasteiger partial charge in [0.05, 0.1) is 5.69 Å². The number of hydrogen-bond acceptors (Lipinski definition) is 1. The third-order valence-electron chi connectivity index (χ3n) is 2.62. The molecule has 0 radical (unpaired) electrons. The summed E-state index contributed by atoms with van der Waals surface area (Å²) in [4.78, 5) is 0. The second-order valence-corrected chi connectivity index (χ2v) is 5.10. The molecule has 0 unspecified atom stereocenters. The van der Waals surface area contributed by atoms with E-state index in [2.05, 4.69) is 15.9 Å². The fraction of sp³-hybridized carbons (Fsp3) is 0.0769. The molecule has 94 valence electrons. The van der Waals surface area contributed by atoms with Crippen molar-refractivity contribution in [2.75, 3.05) is 5.73 Å². The Morgan fingerprint density at radius 1 is 1.17 bits per heavy atom. The van der Waals surface area contributed by atoms with E-state index in [1.165, 1.54) is 30.3 Å². The summed E-state index contributed by atoms with van der Waals surface area (Å²) in [6, 6.07) is 6.82. The third kappa shape index (κ3) is 2.65. The van der Waals surface area contributed by atoms with Crippen LogP contribution in [0.3, 0.4) is 0 Å². The highest BCUT2D eigenvalue weighted by atomic mass is 79.9. The number of benzene rings is 2. The van der Waals surface area contributed by atoms with E-state index in [4.69, 9.17) is 17.3 Å². The van der Waals surface area contributed by atoms with Gasteiger partial charge in [-0.3, -0.25) is 0 Å². The first kappa shape index (κ1) is 13.3. The molecule has 0 saturated heterocycles. The number of nitrogen functional groups attached to an aromatic ring is 1. The Labute approximate surface area is 117 Å². The van der Waals surface area contributed by atoms with Gasteiger partial charge in [-0.1, -0.05) is 11.6 Å². The highest BCUT2D eigenvalue weighted by Gasteiger charge is 2.12. The maximum absolute atomic E-state index is 13.7. The zero-order chi connectivity index (χ0) is 13.3. The van der Waals surface area contributed by atoms with Gasteiger partial charge in [-0.15, -0.1) is 0 Å². The highest BCUT2D eigenvalue weighted by Crippen LogP contribution is 2.29. The number of nitrogens with two attached hydrogens (primary N) is 1. The van der Waals surface area contributed by atoms with Crippen molar-refractivity contribution >= 4 is 33.2 Å². The van der Waals surface area contributed by atoms with Crippen LogP contribution < -0.4 is 5.73 Å². The van der Waals surface area contributed by atoms with Crippen molar-refractivity contribution in [1.82, 2.24) is 0 Å². The molecule has 5 heteroatoms. The Hall–Kier alpha value is -1.13. The van der Waals surface area contributed by atoms with Crippen LogP contribution in [0.5, 0.6) is 0 Å². The standard InChI is InChI=1S/C13H9BrClF2N/c14-10-2-4-12(17)9(13(10)18)6-7-5-8(16)1-3-11(7)15/h1-5H,6,18H2. The van der Waals surface area contributed by atoms with Gasteiger partial charge >= 0.3 is 0 Å². The van der Waals surface area contributed by atoms with E-state index in [0.717, 1.165) is 0 Å². The molecule has 0 spiro atoms. The molecule has 0 fully saturated rings. The predicted molar refractivity (Wildman–Crippen MR) is 72.7 cm³/mol. The minimum Gasteiger partial charge on any atom is -0.397 e. The average molecular weight is 333 g/mol. The van der Waals surface area contributed by atoms with Crippen LogP contribution >= 0.6 is 27.5 Å². The molecular formula is C13H9BrClF2N. The lowest BCUT2D eigenvalue weighted by Crippen LogP contribution is -2.01. The summed E-state index contributed by atoms with van der Waals surface area (Å²) >= 11 is 9.18. The molecule has 2 aromatic rings. The van der Waals surface area contributed by atoms with E-state index in [9.17, 15) is 8.78 Å². The molecule has 0 aliphatic heterocycles. The van der Waals surface area contributed by atoms with Crippen LogP contribution in [0.4, 0.5) is 14.5 Å². The summed E-state index contributed by atoms with van der Waals surface area (Å²) in [6.07, 6.45) is 0.147. The molecule has 0 atom stereocenters. The lowest BCUT2D eigenvalue weighted by molar-refractivity contribution is 0.612. The first-order valence-electron chi connectivity index (χ1n) is 5.15. The van der Waals surface area contributed by atoms with Gasteiger partial charge in [-0.25, -0.2) is 8.78 Å². The first-order valence-corrected chi connectivity index (χ1v) is 6.32. The normalized spacial score (nSPS) is 10.7. The van der Waals surface area contributed by atoms with E-state index < -0.39 is 11.6 Å². The van der Waals surface area contributed by atoms with Crippen LogP contribution in [0.15, 0.2) is 34.8 Å². The molecule has 0 aliphatic carbocycles. The molecule has 0 aliphatic rings. The van der Waals surface area contributed by atoms with Gasteiger partial charge in [0.2, 0.25) is 0 Å². The van der Waals surface area contributed by atoms with Gasteiger partial charge in [0.15, 0.2) is 0 Å². The summed E-state index contributed by atoms with van der Waals surface area (Å²) in [6.45, 7) is 0. The molecule has 18 heavy (non-hydrogen) atoms. The van der Waals surface area contributed by atoms with E-state index in [1.54, 1.807) is 0 Å². The summed E-state index contributed by atoms with van der Waals surface area (Å²) in [5, 5.41) is 0.384. The smallest absolute Gasteiger partial charge is 0.128 e. The number of halogens is 4. The van der Waals surface area contributed by atoms with Crippen LogP contribution in [0.1, 0.15) is 11.1 Å². The van der Waals surface area contributed by atoms with Crippen molar-refractivity contribution in [1.29, 1.82) is 0 Å². The minimum atomic E-state index is -0.434. The predicted octanol–water partition coefficient (Wildman–Crippen LogP) is 4.55. The number of hydrogen-bond donors (Lipinski definition) is 1. The lowest BCUT2D eigenvalue weighted by atomic mass is 10.0. The fourth-order valence-electron chi connectivity index (χ4n) is 1.66. The second-order valence-electron chi connectivity index (χ2n) is 3.83. The van der Waals surface area contributed by atoms with E-state index in [1.807, 2.05) is 0 Å².